The minimum absolute atomic E-state index is 0.0593. The molecule has 1 aromatic heterocycles. The SMILES string of the molecule is Cc1occc1C(=O)NCCCSc1ccccc1. The third-order valence-electron chi connectivity index (χ3n) is 2.72. The lowest BCUT2D eigenvalue weighted by Gasteiger charge is -2.04. The Morgan fingerprint density at radius 2 is 2.05 bits per heavy atom. The van der Waals surface area contributed by atoms with Gasteiger partial charge in [0, 0.05) is 11.4 Å². The van der Waals surface area contributed by atoms with Crippen molar-refractivity contribution in [1.29, 1.82) is 0 Å². The number of thioether (sulfide) groups is 1. The van der Waals surface area contributed by atoms with E-state index in [2.05, 4.69) is 17.4 Å². The molecule has 2 rings (SSSR count). The van der Waals surface area contributed by atoms with Crippen LogP contribution < -0.4 is 5.32 Å². The molecule has 1 N–H and O–H groups in total. The zero-order valence-electron chi connectivity index (χ0n) is 10.9. The largest absolute Gasteiger partial charge is 0.469 e. The third kappa shape index (κ3) is 4.17. The molecule has 1 heterocycles. The Morgan fingerprint density at radius 1 is 1.26 bits per heavy atom. The van der Waals surface area contributed by atoms with Crippen LogP contribution in [0.5, 0.6) is 0 Å². The number of benzene rings is 1. The molecule has 0 saturated heterocycles. The van der Waals surface area contributed by atoms with Gasteiger partial charge in [0.2, 0.25) is 0 Å². The molecule has 0 bridgehead atoms. The minimum Gasteiger partial charge on any atom is -0.469 e. The first-order chi connectivity index (χ1) is 9.27. The van der Waals surface area contributed by atoms with Crippen molar-refractivity contribution in [2.24, 2.45) is 0 Å². The molecule has 1 aromatic carbocycles. The van der Waals surface area contributed by atoms with E-state index in [1.807, 2.05) is 18.2 Å². The van der Waals surface area contributed by atoms with Crippen LogP contribution in [0, 0.1) is 6.92 Å². The average molecular weight is 275 g/mol. The number of nitrogens with one attached hydrogen (secondary N) is 1. The van der Waals surface area contributed by atoms with E-state index in [9.17, 15) is 4.79 Å². The molecule has 1 amide bonds. The van der Waals surface area contributed by atoms with Crippen LogP contribution in [0.1, 0.15) is 22.5 Å². The Kier molecular flexibility index (Phi) is 5.10. The number of hydrogen-bond donors (Lipinski definition) is 1. The van der Waals surface area contributed by atoms with E-state index >= 15 is 0 Å². The van der Waals surface area contributed by atoms with Crippen LogP contribution >= 0.6 is 11.8 Å². The third-order valence-corrected chi connectivity index (χ3v) is 3.82. The van der Waals surface area contributed by atoms with Gasteiger partial charge in [-0.15, -0.1) is 11.8 Å². The van der Waals surface area contributed by atoms with Gasteiger partial charge in [0.25, 0.3) is 5.91 Å². The van der Waals surface area contributed by atoms with E-state index in [1.54, 1.807) is 24.8 Å². The molecular formula is C15H17NO2S. The number of carbonyl (C=O) groups excluding carboxylic acids is 1. The summed E-state index contributed by atoms with van der Waals surface area (Å²) >= 11 is 1.80. The van der Waals surface area contributed by atoms with Crippen LogP contribution in [0.4, 0.5) is 0 Å². The summed E-state index contributed by atoms with van der Waals surface area (Å²) in [5.41, 5.74) is 0.621. The molecule has 0 aliphatic carbocycles. The summed E-state index contributed by atoms with van der Waals surface area (Å²) in [6, 6.07) is 12.0. The van der Waals surface area contributed by atoms with E-state index in [0.717, 1.165) is 12.2 Å². The Hall–Kier alpha value is -1.68. The standard InChI is InChI=1S/C15H17NO2S/c1-12-14(8-10-18-12)15(17)16-9-5-11-19-13-6-3-2-4-7-13/h2-4,6-8,10H,5,9,11H2,1H3,(H,16,17). The zero-order chi connectivity index (χ0) is 13.5. The van der Waals surface area contributed by atoms with E-state index in [4.69, 9.17) is 4.42 Å². The van der Waals surface area contributed by atoms with Crippen molar-refractivity contribution < 1.29 is 9.21 Å². The van der Waals surface area contributed by atoms with Gasteiger partial charge in [-0.3, -0.25) is 4.79 Å². The molecule has 2 aromatic rings. The number of aryl methyl sites for hydroxylation is 1. The molecule has 0 unspecified atom stereocenters. The summed E-state index contributed by atoms with van der Waals surface area (Å²) in [6.45, 7) is 2.48. The lowest BCUT2D eigenvalue weighted by Crippen LogP contribution is -2.24. The van der Waals surface area contributed by atoms with Crippen LogP contribution in [-0.2, 0) is 0 Å². The summed E-state index contributed by atoms with van der Waals surface area (Å²) in [5.74, 6) is 1.60. The molecule has 100 valence electrons. The second-order valence-electron chi connectivity index (χ2n) is 4.16. The predicted octanol–water partition coefficient (Wildman–Crippen LogP) is 3.50. The molecule has 4 heteroatoms. The summed E-state index contributed by atoms with van der Waals surface area (Å²) in [4.78, 5) is 13.0. The first kappa shape index (κ1) is 13.7. The topological polar surface area (TPSA) is 42.2 Å². The maximum Gasteiger partial charge on any atom is 0.254 e. The Balaban J connectivity index is 1.65. The fourth-order valence-corrected chi connectivity index (χ4v) is 2.57. The van der Waals surface area contributed by atoms with Crippen molar-refractivity contribution in [3.63, 3.8) is 0 Å². The Bertz CT molecular complexity index is 522. The first-order valence-electron chi connectivity index (χ1n) is 6.27. The number of carbonyl (C=O) groups is 1. The van der Waals surface area contributed by atoms with Gasteiger partial charge in [-0.05, 0) is 37.3 Å². The number of rotatable bonds is 6. The molecule has 0 fully saturated rings. The van der Waals surface area contributed by atoms with Gasteiger partial charge in [0.1, 0.15) is 5.76 Å². The second kappa shape index (κ2) is 7.04. The fraction of sp³-hybridized carbons (Fsp3) is 0.267. The molecule has 0 radical (unpaired) electrons. The molecule has 19 heavy (non-hydrogen) atoms. The highest BCUT2D eigenvalue weighted by atomic mass is 32.2. The van der Waals surface area contributed by atoms with Crippen molar-refractivity contribution in [3.8, 4) is 0 Å². The lowest BCUT2D eigenvalue weighted by molar-refractivity contribution is 0.0952. The highest BCUT2D eigenvalue weighted by Gasteiger charge is 2.09. The smallest absolute Gasteiger partial charge is 0.254 e. The van der Waals surface area contributed by atoms with Gasteiger partial charge in [-0.2, -0.15) is 0 Å². The number of furan rings is 1. The van der Waals surface area contributed by atoms with Crippen molar-refractivity contribution >= 4 is 17.7 Å². The van der Waals surface area contributed by atoms with Gasteiger partial charge in [0.15, 0.2) is 0 Å². The van der Waals surface area contributed by atoms with Crippen molar-refractivity contribution in [2.75, 3.05) is 12.3 Å². The highest BCUT2D eigenvalue weighted by Crippen LogP contribution is 2.17. The lowest BCUT2D eigenvalue weighted by atomic mass is 10.2. The summed E-state index contributed by atoms with van der Waals surface area (Å²) < 4.78 is 5.11. The van der Waals surface area contributed by atoms with Gasteiger partial charge >= 0.3 is 0 Å². The van der Waals surface area contributed by atoms with Crippen LogP contribution in [0.3, 0.4) is 0 Å². The first-order valence-corrected chi connectivity index (χ1v) is 7.26. The molecule has 3 nitrogen and oxygen atoms in total. The number of hydrogen-bond acceptors (Lipinski definition) is 3. The second-order valence-corrected chi connectivity index (χ2v) is 5.33. The summed E-state index contributed by atoms with van der Waals surface area (Å²) in [5, 5.41) is 2.90. The average Bonchev–Trinajstić information content (AvgIpc) is 2.86. The van der Waals surface area contributed by atoms with Gasteiger partial charge in [0.05, 0.1) is 11.8 Å². The Morgan fingerprint density at radius 3 is 2.74 bits per heavy atom. The molecule has 0 atom stereocenters. The van der Waals surface area contributed by atoms with Crippen molar-refractivity contribution in [1.82, 2.24) is 5.32 Å². The van der Waals surface area contributed by atoms with Gasteiger partial charge in [-0.1, -0.05) is 18.2 Å². The van der Waals surface area contributed by atoms with E-state index in [0.29, 0.717) is 17.9 Å². The zero-order valence-corrected chi connectivity index (χ0v) is 11.7. The fourth-order valence-electron chi connectivity index (χ4n) is 1.70. The maximum atomic E-state index is 11.8. The monoisotopic (exact) mass is 275 g/mol. The van der Waals surface area contributed by atoms with Gasteiger partial charge in [-0.25, -0.2) is 0 Å². The van der Waals surface area contributed by atoms with E-state index in [1.165, 1.54) is 11.2 Å². The highest BCUT2D eigenvalue weighted by molar-refractivity contribution is 7.99. The number of amides is 1. The molecule has 0 spiro atoms. The van der Waals surface area contributed by atoms with Crippen LogP contribution in [0.2, 0.25) is 0 Å². The Labute approximate surface area is 117 Å². The molecule has 0 saturated carbocycles. The predicted molar refractivity (Wildman–Crippen MR) is 77.6 cm³/mol. The van der Waals surface area contributed by atoms with Crippen molar-refractivity contribution in [3.05, 3.63) is 54.0 Å². The molecule has 0 aliphatic heterocycles. The van der Waals surface area contributed by atoms with Crippen LogP contribution in [-0.4, -0.2) is 18.2 Å². The summed E-state index contributed by atoms with van der Waals surface area (Å²) in [6.07, 6.45) is 2.48. The molecular weight excluding hydrogens is 258 g/mol. The van der Waals surface area contributed by atoms with Crippen molar-refractivity contribution in [2.45, 2.75) is 18.2 Å². The van der Waals surface area contributed by atoms with E-state index in [-0.39, 0.29) is 5.91 Å². The van der Waals surface area contributed by atoms with Crippen LogP contribution in [0.15, 0.2) is 52.0 Å². The minimum atomic E-state index is -0.0593. The van der Waals surface area contributed by atoms with Gasteiger partial charge < -0.3 is 9.73 Å². The maximum absolute atomic E-state index is 11.8. The normalized spacial score (nSPS) is 10.4. The molecule has 0 aliphatic rings. The van der Waals surface area contributed by atoms with E-state index < -0.39 is 0 Å². The van der Waals surface area contributed by atoms with Crippen LogP contribution in [0.25, 0.3) is 0 Å². The quantitative estimate of drug-likeness (QED) is 0.648. The summed E-state index contributed by atoms with van der Waals surface area (Å²) in [7, 11) is 0.